The molecule has 6 heterocycles. The molecule has 4 aromatic rings. The molecule has 4 aliphatic rings. The van der Waals surface area contributed by atoms with Crippen molar-refractivity contribution in [2.75, 3.05) is 10.1 Å². The van der Waals surface area contributed by atoms with E-state index >= 15 is 0 Å². The molecule has 2 saturated heterocycles. The summed E-state index contributed by atoms with van der Waals surface area (Å²) in [5.74, 6) is 1.42. The Hall–Kier alpha value is -3.62. The summed E-state index contributed by atoms with van der Waals surface area (Å²) in [4.78, 5) is 11.7. The molecule has 8 heteroatoms. The Bertz CT molecular complexity index is 1270. The van der Waals surface area contributed by atoms with Crippen molar-refractivity contribution in [3.8, 4) is 0 Å². The van der Waals surface area contributed by atoms with Gasteiger partial charge in [0.2, 0.25) is 0 Å². The van der Waals surface area contributed by atoms with Gasteiger partial charge in [-0.15, -0.1) is 0 Å². The zero-order valence-electron chi connectivity index (χ0n) is 19.3. The molecular weight excluding hydrogens is 466 g/mol. The molecule has 0 spiro atoms. The number of nitrogens with zero attached hydrogens (tertiary/aromatic N) is 2. The number of anilines is 2. The molecule has 2 aromatic carbocycles. The fourth-order valence-electron chi connectivity index (χ4n) is 5.72. The number of hydrogen-bond acceptors (Lipinski definition) is 6. The topological polar surface area (TPSA) is 51.2 Å². The average Bonchev–Trinajstić information content (AvgIpc) is 3.67. The van der Waals surface area contributed by atoms with Crippen molar-refractivity contribution in [1.82, 2.24) is 0 Å². The SMILES string of the molecule is Fc1ccc2c(c1)C[C@@H]1C[C@@H](c3ccco3)N2O1.Fc1ccc2c(c1)C[C@@H]1C[C@@H](c3ccco3)N2O1. The van der Waals surface area contributed by atoms with Crippen LogP contribution in [-0.4, -0.2) is 12.2 Å². The first-order valence-corrected chi connectivity index (χ1v) is 12.2. The third-order valence-electron chi connectivity index (χ3n) is 7.26. The second-order valence-electron chi connectivity index (χ2n) is 9.59. The van der Waals surface area contributed by atoms with Crippen molar-refractivity contribution >= 4 is 11.4 Å². The predicted octanol–water partition coefficient (Wildman–Crippen LogP) is 6.45. The molecule has 6 nitrogen and oxygen atoms in total. The first-order chi connectivity index (χ1) is 17.6. The molecule has 0 saturated carbocycles. The summed E-state index contributed by atoms with van der Waals surface area (Å²) in [6.07, 6.45) is 6.87. The Morgan fingerprint density at radius 1 is 0.639 bits per heavy atom. The molecule has 4 bridgehead atoms. The predicted molar refractivity (Wildman–Crippen MR) is 127 cm³/mol. The van der Waals surface area contributed by atoms with Gasteiger partial charge in [0.15, 0.2) is 0 Å². The maximum absolute atomic E-state index is 13.3. The van der Waals surface area contributed by atoms with Gasteiger partial charge in [0, 0.05) is 25.7 Å². The summed E-state index contributed by atoms with van der Waals surface area (Å²) in [5, 5.41) is 3.73. The third kappa shape index (κ3) is 3.68. The molecule has 4 atom stereocenters. The third-order valence-corrected chi connectivity index (χ3v) is 7.26. The summed E-state index contributed by atoms with van der Waals surface area (Å²) in [7, 11) is 0. The molecule has 0 N–H and O–H groups in total. The van der Waals surface area contributed by atoms with Crippen LogP contribution in [0.15, 0.2) is 82.0 Å². The van der Waals surface area contributed by atoms with Gasteiger partial charge in [-0.05, 0) is 71.8 Å². The summed E-state index contributed by atoms with van der Waals surface area (Å²) >= 11 is 0. The molecule has 36 heavy (non-hydrogen) atoms. The Labute approximate surface area is 206 Å². The molecule has 0 amide bonds. The van der Waals surface area contributed by atoms with Crippen molar-refractivity contribution in [3.05, 3.63) is 107 Å². The van der Waals surface area contributed by atoms with E-state index in [2.05, 4.69) is 0 Å². The highest BCUT2D eigenvalue weighted by atomic mass is 19.1. The summed E-state index contributed by atoms with van der Waals surface area (Å²) < 4.78 is 37.5. The highest BCUT2D eigenvalue weighted by Gasteiger charge is 2.42. The quantitative estimate of drug-likeness (QED) is 0.322. The van der Waals surface area contributed by atoms with Crippen LogP contribution < -0.4 is 10.1 Å². The van der Waals surface area contributed by atoms with Gasteiger partial charge in [0.05, 0.1) is 36.1 Å². The molecular formula is C28H24F2N2O4. The Kier molecular flexibility index (Phi) is 5.11. The monoisotopic (exact) mass is 490 g/mol. The van der Waals surface area contributed by atoms with Crippen molar-refractivity contribution in [1.29, 1.82) is 0 Å². The van der Waals surface area contributed by atoms with Crippen LogP contribution in [0.1, 0.15) is 47.6 Å². The van der Waals surface area contributed by atoms with Crippen LogP contribution in [0.25, 0.3) is 0 Å². The van der Waals surface area contributed by atoms with E-state index in [9.17, 15) is 8.78 Å². The van der Waals surface area contributed by atoms with Gasteiger partial charge in [-0.25, -0.2) is 18.9 Å². The molecule has 2 aromatic heterocycles. The standard InChI is InChI=1S/2C14H12FNO2/c2*15-10-3-4-12-9(6-10)7-11-8-13(16(12)18-11)14-2-1-5-17-14/h2*1-6,11,13H,7-8H2/t2*11-,13+/m11/s1. The van der Waals surface area contributed by atoms with E-state index in [-0.39, 0.29) is 35.9 Å². The number of hydrogen-bond donors (Lipinski definition) is 0. The second-order valence-corrected chi connectivity index (χ2v) is 9.59. The van der Waals surface area contributed by atoms with Crippen molar-refractivity contribution in [2.45, 2.75) is 50.0 Å². The molecule has 184 valence electrons. The molecule has 0 radical (unpaired) electrons. The first-order valence-electron chi connectivity index (χ1n) is 12.2. The van der Waals surface area contributed by atoms with E-state index in [0.29, 0.717) is 0 Å². The molecule has 4 aliphatic heterocycles. The minimum absolute atomic E-state index is 0.0942. The van der Waals surface area contributed by atoms with Gasteiger partial charge < -0.3 is 8.83 Å². The van der Waals surface area contributed by atoms with Crippen LogP contribution in [0, 0.1) is 11.6 Å². The summed E-state index contributed by atoms with van der Waals surface area (Å²) in [5.41, 5.74) is 3.93. The largest absolute Gasteiger partial charge is 0.467 e. The van der Waals surface area contributed by atoms with E-state index in [1.807, 2.05) is 34.4 Å². The van der Waals surface area contributed by atoms with Crippen molar-refractivity contribution < 1.29 is 27.3 Å². The van der Waals surface area contributed by atoms with Gasteiger partial charge in [-0.3, -0.25) is 9.68 Å². The number of furan rings is 2. The molecule has 2 fully saturated rings. The highest BCUT2D eigenvalue weighted by molar-refractivity contribution is 5.57. The maximum Gasteiger partial charge on any atom is 0.128 e. The Balaban J connectivity index is 0.000000122. The number of halogens is 2. The van der Waals surface area contributed by atoms with Crippen LogP contribution in [0.3, 0.4) is 0 Å². The van der Waals surface area contributed by atoms with Gasteiger partial charge in [-0.2, -0.15) is 0 Å². The minimum Gasteiger partial charge on any atom is -0.467 e. The average molecular weight is 491 g/mol. The van der Waals surface area contributed by atoms with Gasteiger partial charge in [-0.1, -0.05) is 0 Å². The van der Waals surface area contributed by atoms with Crippen LogP contribution in [-0.2, 0) is 22.5 Å². The fourth-order valence-corrected chi connectivity index (χ4v) is 5.72. The van der Waals surface area contributed by atoms with Crippen molar-refractivity contribution in [2.24, 2.45) is 0 Å². The van der Waals surface area contributed by atoms with Crippen molar-refractivity contribution in [3.63, 3.8) is 0 Å². The number of benzene rings is 2. The Morgan fingerprint density at radius 3 is 1.53 bits per heavy atom. The van der Waals surface area contributed by atoms with E-state index in [1.165, 1.54) is 12.1 Å². The first kappa shape index (κ1) is 21.6. The van der Waals surface area contributed by atoms with Crippen LogP contribution in [0.2, 0.25) is 0 Å². The van der Waals surface area contributed by atoms with E-state index in [0.717, 1.165) is 59.7 Å². The second kappa shape index (κ2) is 8.50. The lowest BCUT2D eigenvalue weighted by atomic mass is 10.0. The normalized spacial score (nSPS) is 25.3. The Morgan fingerprint density at radius 2 is 1.11 bits per heavy atom. The number of rotatable bonds is 2. The van der Waals surface area contributed by atoms with E-state index in [4.69, 9.17) is 18.5 Å². The number of hydroxylamine groups is 2. The highest BCUT2D eigenvalue weighted by Crippen LogP contribution is 2.46. The minimum atomic E-state index is -0.189. The van der Waals surface area contributed by atoms with Gasteiger partial charge in [0.1, 0.15) is 35.2 Å². The zero-order chi connectivity index (χ0) is 24.2. The summed E-state index contributed by atoms with van der Waals surface area (Å²) in [6.45, 7) is 0. The number of fused-ring (bicyclic) bond motifs is 8. The summed E-state index contributed by atoms with van der Waals surface area (Å²) in [6, 6.07) is 17.6. The van der Waals surface area contributed by atoms with E-state index < -0.39 is 0 Å². The van der Waals surface area contributed by atoms with Gasteiger partial charge >= 0.3 is 0 Å². The molecule has 0 aliphatic carbocycles. The lowest BCUT2D eigenvalue weighted by Gasteiger charge is -2.29. The smallest absolute Gasteiger partial charge is 0.128 e. The lowest BCUT2D eigenvalue weighted by molar-refractivity contribution is 0.0721. The van der Waals surface area contributed by atoms with Crippen LogP contribution in [0.5, 0.6) is 0 Å². The maximum atomic E-state index is 13.3. The van der Waals surface area contributed by atoms with Gasteiger partial charge in [0.25, 0.3) is 0 Å². The molecule has 8 rings (SSSR count). The molecule has 0 unspecified atom stereocenters. The lowest BCUT2D eigenvalue weighted by Crippen LogP contribution is -2.27. The zero-order valence-corrected chi connectivity index (χ0v) is 19.3. The fraction of sp³-hybridized carbons (Fsp3) is 0.286. The van der Waals surface area contributed by atoms with Crippen LogP contribution >= 0.6 is 0 Å². The van der Waals surface area contributed by atoms with E-state index in [1.54, 1.807) is 36.8 Å². The van der Waals surface area contributed by atoms with Crippen LogP contribution in [0.4, 0.5) is 20.2 Å².